The minimum atomic E-state index is 0.0210. The fourth-order valence-corrected chi connectivity index (χ4v) is 3.49. The summed E-state index contributed by atoms with van der Waals surface area (Å²) in [6.07, 6.45) is 1.93. The van der Waals surface area contributed by atoms with Gasteiger partial charge in [0.1, 0.15) is 12.4 Å². The molecule has 0 aromatic heterocycles. The Morgan fingerprint density at radius 1 is 0.966 bits per heavy atom. The van der Waals surface area contributed by atoms with Crippen molar-refractivity contribution in [1.82, 2.24) is 9.80 Å². The molecule has 2 fully saturated rings. The molecule has 29 heavy (non-hydrogen) atoms. The maximum Gasteiger partial charge on any atom is 0.254 e. The minimum absolute atomic E-state index is 0.0210. The first-order valence-corrected chi connectivity index (χ1v) is 10.3. The number of amides is 2. The highest BCUT2D eigenvalue weighted by Gasteiger charge is 2.29. The lowest BCUT2D eigenvalue weighted by Crippen LogP contribution is -2.49. The predicted octanol–water partition coefficient (Wildman–Crippen LogP) is 2.87. The summed E-state index contributed by atoms with van der Waals surface area (Å²) in [5.74, 6) is 1.11. The van der Waals surface area contributed by atoms with Crippen molar-refractivity contribution in [1.29, 1.82) is 0 Å². The van der Waals surface area contributed by atoms with Crippen LogP contribution in [0.5, 0.6) is 5.75 Å². The van der Waals surface area contributed by atoms with E-state index in [9.17, 15) is 9.59 Å². The number of piperazine rings is 1. The average Bonchev–Trinajstić information content (AvgIpc) is 3.60. The molecule has 0 bridgehead atoms. The highest BCUT2D eigenvalue weighted by atomic mass is 16.5. The standard InChI is InChI=1S/C23H27N3O3/c27-22(18-9-10-18)24-20-6-4-5-19(17-20)23(28)26-13-11-25(12-14-26)15-16-29-21-7-2-1-3-8-21/h1-8,17-18H,9-16H2,(H,24,27). The number of hydrogen-bond acceptors (Lipinski definition) is 4. The van der Waals surface area contributed by atoms with Crippen LogP contribution in [-0.4, -0.2) is 60.9 Å². The Morgan fingerprint density at radius 2 is 1.72 bits per heavy atom. The zero-order valence-corrected chi connectivity index (χ0v) is 16.5. The molecule has 0 atom stereocenters. The van der Waals surface area contributed by atoms with Crippen LogP contribution >= 0.6 is 0 Å². The largest absolute Gasteiger partial charge is 0.492 e. The van der Waals surface area contributed by atoms with Gasteiger partial charge in [-0.3, -0.25) is 14.5 Å². The number of hydrogen-bond donors (Lipinski definition) is 1. The Labute approximate surface area is 171 Å². The molecule has 0 unspecified atom stereocenters. The number of nitrogens with zero attached hydrogens (tertiary/aromatic N) is 2. The molecule has 1 aliphatic carbocycles. The molecular formula is C23H27N3O3. The quantitative estimate of drug-likeness (QED) is 0.786. The van der Waals surface area contributed by atoms with Gasteiger partial charge >= 0.3 is 0 Å². The molecule has 1 saturated carbocycles. The highest BCUT2D eigenvalue weighted by Crippen LogP contribution is 2.30. The molecule has 2 aromatic rings. The van der Waals surface area contributed by atoms with Crippen molar-refractivity contribution in [2.45, 2.75) is 12.8 Å². The molecule has 1 saturated heterocycles. The smallest absolute Gasteiger partial charge is 0.254 e. The van der Waals surface area contributed by atoms with Gasteiger partial charge in [0.15, 0.2) is 0 Å². The monoisotopic (exact) mass is 393 g/mol. The van der Waals surface area contributed by atoms with Crippen LogP contribution in [-0.2, 0) is 4.79 Å². The summed E-state index contributed by atoms with van der Waals surface area (Å²) in [7, 11) is 0. The van der Waals surface area contributed by atoms with Crippen LogP contribution in [0.1, 0.15) is 23.2 Å². The first-order valence-electron chi connectivity index (χ1n) is 10.3. The van der Waals surface area contributed by atoms with Gasteiger partial charge in [-0.1, -0.05) is 24.3 Å². The van der Waals surface area contributed by atoms with E-state index in [1.807, 2.05) is 53.4 Å². The number of nitrogens with one attached hydrogen (secondary N) is 1. The Hall–Kier alpha value is -2.86. The van der Waals surface area contributed by atoms with Gasteiger partial charge in [0.05, 0.1) is 0 Å². The van der Waals surface area contributed by atoms with Gasteiger partial charge in [0.2, 0.25) is 5.91 Å². The van der Waals surface area contributed by atoms with E-state index in [0.29, 0.717) is 30.9 Å². The molecule has 152 valence electrons. The molecule has 0 radical (unpaired) electrons. The second-order valence-corrected chi connectivity index (χ2v) is 7.64. The van der Waals surface area contributed by atoms with Crippen molar-refractivity contribution in [3.05, 3.63) is 60.2 Å². The van der Waals surface area contributed by atoms with E-state index < -0.39 is 0 Å². The molecule has 2 aliphatic rings. The first kappa shape index (κ1) is 19.5. The molecule has 6 heteroatoms. The van der Waals surface area contributed by atoms with Gasteiger partial charge in [0, 0.05) is 49.9 Å². The summed E-state index contributed by atoms with van der Waals surface area (Å²) in [6, 6.07) is 17.1. The van der Waals surface area contributed by atoms with Gasteiger partial charge in [0.25, 0.3) is 5.91 Å². The fourth-order valence-electron chi connectivity index (χ4n) is 3.49. The van der Waals surface area contributed by atoms with E-state index in [1.165, 1.54) is 0 Å². The van der Waals surface area contributed by atoms with Gasteiger partial charge in [-0.05, 0) is 43.2 Å². The van der Waals surface area contributed by atoms with E-state index in [2.05, 4.69) is 10.2 Å². The summed E-state index contributed by atoms with van der Waals surface area (Å²) in [4.78, 5) is 29.0. The van der Waals surface area contributed by atoms with Crippen LogP contribution in [0.25, 0.3) is 0 Å². The second-order valence-electron chi connectivity index (χ2n) is 7.64. The van der Waals surface area contributed by atoms with Gasteiger partial charge in [-0.25, -0.2) is 0 Å². The van der Waals surface area contributed by atoms with Crippen molar-refractivity contribution in [2.24, 2.45) is 5.92 Å². The van der Waals surface area contributed by atoms with Gasteiger partial charge < -0.3 is 15.0 Å². The third-order valence-corrected chi connectivity index (χ3v) is 5.40. The molecule has 2 amide bonds. The van der Waals surface area contributed by atoms with Crippen LogP contribution < -0.4 is 10.1 Å². The summed E-state index contributed by atoms with van der Waals surface area (Å²) in [5, 5.41) is 2.91. The summed E-state index contributed by atoms with van der Waals surface area (Å²) in [6.45, 7) is 4.55. The number of benzene rings is 2. The molecule has 6 nitrogen and oxygen atoms in total. The normalized spacial score (nSPS) is 17.0. The highest BCUT2D eigenvalue weighted by molar-refractivity contribution is 5.98. The summed E-state index contributed by atoms with van der Waals surface area (Å²) >= 11 is 0. The topological polar surface area (TPSA) is 61.9 Å². The predicted molar refractivity (Wildman–Crippen MR) is 112 cm³/mol. The zero-order valence-electron chi connectivity index (χ0n) is 16.5. The second kappa shape index (κ2) is 9.09. The number of para-hydroxylation sites is 1. The van der Waals surface area contributed by atoms with Crippen LogP contribution in [0.2, 0.25) is 0 Å². The molecular weight excluding hydrogens is 366 g/mol. The van der Waals surface area contributed by atoms with Crippen molar-refractivity contribution in [3.8, 4) is 5.75 Å². The number of rotatable bonds is 7. The third kappa shape index (κ3) is 5.35. The lowest BCUT2D eigenvalue weighted by atomic mass is 10.1. The SMILES string of the molecule is O=C(Nc1cccc(C(=O)N2CCN(CCOc3ccccc3)CC2)c1)C1CC1. The Bertz CT molecular complexity index is 843. The van der Waals surface area contributed by atoms with Crippen LogP contribution in [0.4, 0.5) is 5.69 Å². The molecule has 1 heterocycles. The minimum Gasteiger partial charge on any atom is -0.492 e. The lowest BCUT2D eigenvalue weighted by molar-refractivity contribution is -0.117. The third-order valence-electron chi connectivity index (χ3n) is 5.40. The number of carbonyl (C=O) groups is 2. The van der Waals surface area contributed by atoms with Crippen molar-refractivity contribution >= 4 is 17.5 Å². The molecule has 1 aliphatic heterocycles. The van der Waals surface area contributed by atoms with E-state index in [4.69, 9.17) is 4.74 Å². The van der Waals surface area contributed by atoms with Crippen LogP contribution in [0.15, 0.2) is 54.6 Å². The number of carbonyl (C=O) groups excluding carboxylic acids is 2. The van der Waals surface area contributed by atoms with Crippen LogP contribution in [0.3, 0.4) is 0 Å². The Kier molecular flexibility index (Phi) is 6.10. The first-order chi connectivity index (χ1) is 14.2. The van der Waals surface area contributed by atoms with E-state index >= 15 is 0 Å². The maximum absolute atomic E-state index is 12.9. The molecule has 2 aromatic carbocycles. The van der Waals surface area contributed by atoms with Crippen molar-refractivity contribution < 1.29 is 14.3 Å². The molecule has 4 rings (SSSR count). The Morgan fingerprint density at radius 3 is 2.45 bits per heavy atom. The summed E-state index contributed by atoms with van der Waals surface area (Å²) in [5.41, 5.74) is 1.32. The molecule has 1 N–H and O–H groups in total. The fraction of sp³-hybridized carbons (Fsp3) is 0.391. The number of anilines is 1. The Balaban J connectivity index is 1.24. The van der Waals surface area contributed by atoms with Gasteiger partial charge in [-0.15, -0.1) is 0 Å². The summed E-state index contributed by atoms with van der Waals surface area (Å²) < 4.78 is 5.76. The zero-order chi connectivity index (χ0) is 20.1. The van der Waals surface area contributed by atoms with Crippen molar-refractivity contribution in [3.63, 3.8) is 0 Å². The van der Waals surface area contributed by atoms with E-state index in [1.54, 1.807) is 6.07 Å². The van der Waals surface area contributed by atoms with Gasteiger partial charge in [-0.2, -0.15) is 0 Å². The van der Waals surface area contributed by atoms with Crippen LogP contribution in [0, 0.1) is 5.92 Å². The lowest BCUT2D eigenvalue weighted by Gasteiger charge is -2.34. The van der Waals surface area contributed by atoms with Crippen molar-refractivity contribution in [2.75, 3.05) is 44.6 Å². The maximum atomic E-state index is 12.9. The number of ether oxygens (including phenoxy) is 1. The average molecular weight is 393 g/mol. The van der Waals surface area contributed by atoms with E-state index in [0.717, 1.165) is 38.2 Å². The molecule has 0 spiro atoms. The van der Waals surface area contributed by atoms with E-state index in [-0.39, 0.29) is 17.7 Å².